The van der Waals surface area contributed by atoms with Gasteiger partial charge in [-0.25, -0.2) is 4.79 Å². The molecule has 0 spiro atoms. The fourth-order valence-electron chi connectivity index (χ4n) is 2.35. The second kappa shape index (κ2) is 4.68. The summed E-state index contributed by atoms with van der Waals surface area (Å²) in [5.41, 5.74) is 0.527. The van der Waals surface area contributed by atoms with Crippen LogP contribution in [0.15, 0.2) is 12.1 Å². The van der Waals surface area contributed by atoms with Gasteiger partial charge in [0, 0.05) is 0 Å². The fraction of sp³-hybridized carbons (Fsp3) is 0.462. The minimum atomic E-state index is -2.99. The number of fused-ring (bicyclic) bond motifs is 1. The van der Waals surface area contributed by atoms with E-state index in [1.807, 2.05) is 0 Å². The van der Waals surface area contributed by atoms with Crippen molar-refractivity contribution in [2.45, 2.75) is 25.6 Å². The molecule has 108 valence electrons. The van der Waals surface area contributed by atoms with Gasteiger partial charge in [0.2, 0.25) is 0 Å². The van der Waals surface area contributed by atoms with Crippen LogP contribution in [0.3, 0.4) is 0 Å². The van der Waals surface area contributed by atoms with Crippen LogP contribution in [0.1, 0.15) is 28.8 Å². The second-order valence-electron chi connectivity index (χ2n) is 5.50. The van der Waals surface area contributed by atoms with E-state index in [0.29, 0.717) is 24.5 Å². The lowest BCUT2D eigenvalue weighted by atomic mass is 9.70. The van der Waals surface area contributed by atoms with Crippen molar-refractivity contribution in [3.8, 4) is 11.5 Å². The number of carboxylic acid groups (broad SMARTS) is 1. The zero-order chi connectivity index (χ0) is 14.3. The van der Waals surface area contributed by atoms with Gasteiger partial charge < -0.3 is 24.5 Å². The van der Waals surface area contributed by atoms with Gasteiger partial charge in [0.25, 0.3) is 0 Å². The lowest BCUT2D eigenvalue weighted by Gasteiger charge is -2.37. The Hall–Kier alpha value is -1.73. The Morgan fingerprint density at radius 1 is 1.40 bits per heavy atom. The first-order chi connectivity index (χ1) is 9.46. The highest BCUT2D eigenvalue weighted by Crippen LogP contribution is 2.39. The maximum absolute atomic E-state index is 11.4. The molecule has 7 heteroatoms. The zero-order valence-electron chi connectivity index (χ0n) is 10.9. The lowest BCUT2D eigenvalue weighted by Crippen LogP contribution is -2.45. The average molecular weight is 279 g/mol. The van der Waals surface area contributed by atoms with E-state index in [9.17, 15) is 19.9 Å². The number of ether oxygens (including phenoxy) is 1. The van der Waals surface area contributed by atoms with Gasteiger partial charge in [-0.2, -0.15) is 0 Å². The summed E-state index contributed by atoms with van der Waals surface area (Å²) in [7, 11) is 0. The molecule has 2 aliphatic rings. The van der Waals surface area contributed by atoms with Crippen LogP contribution < -0.4 is 9.39 Å². The van der Waals surface area contributed by atoms with E-state index < -0.39 is 12.7 Å². The molecule has 0 aromatic heterocycles. The van der Waals surface area contributed by atoms with Crippen molar-refractivity contribution in [1.82, 2.24) is 0 Å². The highest BCUT2D eigenvalue weighted by Gasteiger charge is 2.33. The molecule has 1 fully saturated rings. The molecule has 0 unspecified atom stereocenters. The van der Waals surface area contributed by atoms with Crippen molar-refractivity contribution in [3.05, 3.63) is 23.3 Å². The van der Waals surface area contributed by atoms with E-state index in [1.54, 1.807) is 12.1 Å². The van der Waals surface area contributed by atoms with Crippen LogP contribution >= 0.6 is 0 Å². The molecule has 3 rings (SSSR count). The molecule has 1 saturated carbocycles. The predicted octanol–water partition coefficient (Wildman–Crippen LogP) is 1.03. The summed E-state index contributed by atoms with van der Waals surface area (Å²) in [5.74, 6) is -0.465. The molecule has 3 N–H and O–H groups in total. The standard InChI is InChI=1S/C13H16BO6/c15-13(16)11-10(19-7-8-1-2-8)4-3-9-5-6-14(17,18)20-12(9)11/h3-4,8,17-18H,1-2,5-7H2,(H,15,16)/q-1. The minimum Gasteiger partial charge on any atom is -0.669 e. The smallest absolute Gasteiger partial charge is 0.430 e. The van der Waals surface area contributed by atoms with Crippen LogP contribution in [-0.2, 0) is 6.42 Å². The van der Waals surface area contributed by atoms with Crippen molar-refractivity contribution in [1.29, 1.82) is 0 Å². The molecule has 6 nitrogen and oxygen atoms in total. The normalized spacial score (nSPS) is 19.9. The van der Waals surface area contributed by atoms with Gasteiger partial charge >= 0.3 is 12.7 Å². The molecule has 0 saturated heterocycles. The molecular formula is C13H16BO6-. The molecule has 1 aromatic carbocycles. The summed E-state index contributed by atoms with van der Waals surface area (Å²) in [5, 5.41) is 28.6. The summed E-state index contributed by atoms with van der Waals surface area (Å²) < 4.78 is 10.6. The van der Waals surface area contributed by atoms with E-state index >= 15 is 0 Å². The fourth-order valence-corrected chi connectivity index (χ4v) is 2.35. The van der Waals surface area contributed by atoms with Crippen molar-refractivity contribution < 1.29 is 29.3 Å². The number of aryl methyl sites for hydroxylation is 1. The first kappa shape index (κ1) is 13.3. The Balaban J connectivity index is 1.96. The van der Waals surface area contributed by atoms with Crippen molar-refractivity contribution in [2.24, 2.45) is 5.92 Å². The molecule has 0 radical (unpaired) electrons. The Kier molecular flexibility index (Phi) is 3.10. The largest absolute Gasteiger partial charge is 0.669 e. The molecule has 0 amide bonds. The quantitative estimate of drug-likeness (QED) is 0.712. The van der Waals surface area contributed by atoms with Gasteiger partial charge in [0.1, 0.15) is 11.3 Å². The van der Waals surface area contributed by atoms with Crippen LogP contribution in [0, 0.1) is 5.92 Å². The third kappa shape index (κ3) is 2.59. The van der Waals surface area contributed by atoms with Crippen LogP contribution in [0.2, 0.25) is 6.32 Å². The Morgan fingerprint density at radius 3 is 2.80 bits per heavy atom. The molecular weight excluding hydrogens is 263 g/mol. The van der Waals surface area contributed by atoms with E-state index in [4.69, 9.17) is 9.39 Å². The Bertz CT molecular complexity index is 552. The van der Waals surface area contributed by atoms with E-state index in [1.165, 1.54) is 0 Å². The molecule has 0 atom stereocenters. The molecule has 20 heavy (non-hydrogen) atoms. The number of carbonyl (C=O) groups is 1. The summed E-state index contributed by atoms with van der Waals surface area (Å²) in [4.78, 5) is 11.4. The van der Waals surface area contributed by atoms with Gasteiger partial charge in [0.15, 0.2) is 0 Å². The highest BCUT2D eigenvalue weighted by molar-refractivity contribution is 6.59. The van der Waals surface area contributed by atoms with Crippen LogP contribution in [0.4, 0.5) is 0 Å². The van der Waals surface area contributed by atoms with E-state index in [0.717, 1.165) is 12.8 Å². The molecule has 1 aliphatic carbocycles. The van der Waals surface area contributed by atoms with Crippen LogP contribution in [0.25, 0.3) is 0 Å². The SMILES string of the molecule is O=C(O)c1c(OCC2CC2)ccc2c1O[B-](O)(O)CC2. The third-order valence-corrected chi connectivity index (χ3v) is 3.68. The van der Waals surface area contributed by atoms with Gasteiger partial charge in [0.05, 0.1) is 12.4 Å². The number of hydrogen-bond acceptors (Lipinski definition) is 5. The first-order valence-electron chi connectivity index (χ1n) is 6.77. The molecule has 0 bridgehead atoms. The predicted molar refractivity (Wildman–Crippen MR) is 71.0 cm³/mol. The Morgan fingerprint density at radius 2 is 2.15 bits per heavy atom. The van der Waals surface area contributed by atoms with E-state index in [-0.39, 0.29) is 23.4 Å². The second-order valence-corrected chi connectivity index (χ2v) is 5.50. The maximum atomic E-state index is 11.4. The van der Waals surface area contributed by atoms with Crippen molar-refractivity contribution >= 4 is 12.7 Å². The number of carboxylic acids is 1. The topological polar surface area (TPSA) is 96.2 Å². The monoisotopic (exact) mass is 279 g/mol. The maximum Gasteiger partial charge on any atom is 0.430 e. The van der Waals surface area contributed by atoms with Gasteiger partial charge in [-0.05, 0) is 36.8 Å². The molecule has 1 aromatic rings. The van der Waals surface area contributed by atoms with Gasteiger partial charge in [-0.1, -0.05) is 12.4 Å². The zero-order valence-corrected chi connectivity index (χ0v) is 10.9. The Labute approximate surface area is 116 Å². The lowest BCUT2D eigenvalue weighted by molar-refractivity contribution is 0.0688. The van der Waals surface area contributed by atoms with Crippen molar-refractivity contribution in [3.63, 3.8) is 0 Å². The summed E-state index contributed by atoms with van der Waals surface area (Å²) in [6.45, 7) is -2.51. The first-order valence-corrected chi connectivity index (χ1v) is 6.77. The molecule has 1 aliphatic heterocycles. The minimum absolute atomic E-state index is 0.0158. The summed E-state index contributed by atoms with van der Waals surface area (Å²) >= 11 is 0. The average Bonchev–Trinajstić information content (AvgIpc) is 3.17. The van der Waals surface area contributed by atoms with Crippen LogP contribution in [-0.4, -0.2) is 34.5 Å². The van der Waals surface area contributed by atoms with E-state index in [2.05, 4.69) is 0 Å². The van der Waals surface area contributed by atoms with Crippen LogP contribution in [0.5, 0.6) is 11.5 Å². The highest BCUT2D eigenvalue weighted by atomic mass is 16.6. The molecule has 1 heterocycles. The summed E-state index contributed by atoms with van der Waals surface area (Å²) in [6, 6.07) is 3.33. The number of hydrogen-bond donors (Lipinski definition) is 3. The summed E-state index contributed by atoms with van der Waals surface area (Å²) in [6.07, 6.45) is 2.63. The third-order valence-electron chi connectivity index (χ3n) is 3.68. The van der Waals surface area contributed by atoms with Gasteiger partial charge in [-0.3, -0.25) is 0 Å². The van der Waals surface area contributed by atoms with Crippen molar-refractivity contribution in [2.75, 3.05) is 6.61 Å². The number of aromatic carboxylic acids is 1. The number of rotatable bonds is 4. The number of benzene rings is 1. The van der Waals surface area contributed by atoms with Gasteiger partial charge in [-0.15, -0.1) is 0 Å².